The molecule has 0 radical (unpaired) electrons. The van der Waals surface area contributed by atoms with Crippen LogP contribution >= 0.6 is 0 Å². The summed E-state index contributed by atoms with van der Waals surface area (Å²) in [6.45, 7) is 1.72. The minimum absolute atomic E-state index is 0.0535. The van der Waals surface area contributed by atoms with Crippen LogP contribution in [0.3, 0.4) is 0 Å². The standard InChI is InChI=1S/C19H21N7O/c1-24-17-16(10-22-24)18(27)26(11-14-6-3-2-5-13(14)9-20)19(23-17)25-8-4-7-15(21)12-25/h2-3,5-6,10,15H,4,7-8,11-12,21H2,1H3/t15-/m1/s1. The lowest BCUT2D eigenvalue weighted by molar-refractivity contribution is 0.491. The quantitative estimate of drug-likeness (QED) is 0.743. The Bertz CT molecular complexity index is 1090. The molecule has 1 aliphatic heterocycles. The van der Waals surface area contributed by atoms with Gasteiger partial charge in [0.25, 0.3) is 5.56 Å². The van der Waals surface area contributed by atoms with Crippen molar-refractivity contribution in [3.63, 3.8) is 0 Å². The zero-order chi connectivity index (χ0) is 19.0. The van der Waals surface area contributed by atoms with Crippen LogP contribution in [0.1, 0.15) is 24.0 Å². The molecule has 138 valence electrons. The molecule has 2 aromatic heterocycles. The van der Waals surface area contributed by atoms with Gasteiger partial charge in [0, 0.05) is 26.2 Å². The van der Waals surface area contributed by atoms with E-state index in [2.05, 4.69) is 16.1 Å². The van der Waals surface area contributed by atoms with Gasteiger partial charge in [-0.1, -0.05) is 18.2 Å². The number of hydrogen-bond donors (Lipinski definition) is 1. The number of fused-ring (bicyclic) bond motifs is 1. The molecule has 0 spiro atoms. The second-order valence-corrected chi connectivity index (χ2v) is 6.93. The van der Waals surface area contributed by atoms with Gasteiger partial charge in [0.05, 0.1) is 24.4 Å². The largest absolute Gasteiger partial charge is 0.341 e. The third-order valence-corrected chi connectivity index (χ3v) is 5.04. The van der Waals surface area contributed by atoms with Crippen molar-refractivity contribution in [2.24, 2.45) is 12.8 Å². The van der Waals surface area contributed by atoms with Crippen LogP contribution in [0.2, 0.25) is 0 Å². The molecule has 27 heavy (non-hydrogen) atoms. The monoisotopic (exact) mass is 363 g/mol. The molecule has 4 rings (SSSR count). The van der Waals surface area contributed by atoms with E-state index in [9.17, 15) is 10.1 Å². The molecule has 0 amide bonds. The lowest BCUT2D eigenvalue weighted by Crippen LogP contribution is -2.45. The molecule has 3 heterocycles. The first-order valence-corrected chi connectivity index (χ1v) is 8.99. The topological polar surface area (TPSA) is 106 Å². The summed E-state index contributed by atoms with van der Waals surface area (Å²) in [4.78, 5) is 20.0. The van der Waals surface area contributed by atoms with Crippen molar-refractivity contribution in [2.45, 2.75) is 25.4 Å². The van der Waals surface area contributed by atoms with Gasteiger partial charge in [-0.25, -0.2) is 0 Å². The summed E-state index contributed by atoms with van der Waals surface area (Å²) in [5, 5.41) is 14.1. The van der Waals surface area contributed by atoms with Crippen LogP contribution in [-0.2, 0) is 13.6 Å². The Kier molecular flexibility index (Phi) is 4.38. The number of nitrogens with zero attached hydrogens (tertiary/aromatic N) is 6. The van der Waals surface area contributed by atoms with E-state index in [1.54, 1.807) is 28.6 Å². The Labute approximate surface area is 156 Å². The van der Waals surface area contributed by atoms with Crippen molar-refractivity contribution in [3.8, 4) is 6.07 Å². The molecule has 1 atom stereocenters. The van der Waals surface area contributed by atoms with Gasteiger partial charge in [0.1, 0.15) is 5.39 Å². The van der Waals surface area contributed by atoms with Crippen molar-refractivity contribution in [1.82, 2.24) is 19.3 Å². The van der Waals surface area contributed by atoms with E-state index in [4.69, 9.17) is 10.7 Å². The summed E-state index contributed by atoms with van der Waals surface area (Å²) in [6, 6.07) is 9.56. The van der Waals surface area contributed by atoms with Gasteiger partial charge >= 0.3 is 0 Å². The van der Waals surface area contributed by atoms with Crippen molar-refractivity contribution in [3.05, 3.63) is 51.9 Å². The smallest absolute Gasteiger partial charge is 0.266 e. The summed E-state index contributed by atoms with van der Waals surface area (Å²) < 4.78 is 3.25. The van der Waals surface area contributed by atoms with Crippen LogP contribution in [0.5, 0.6) is 0 Å². The van der Waals surface area contributed by atoms with E-state index in [1.807, 2.05) is 18.2 Å². The highest BCUT2D eigenvalue weighted by Gasteiger charge is 2.24. The van der Waals surface area contributed by atoms with Crippen molar-refractivity contribution >= 4 is 17.0 Å². The Morgan fingerprint density at radius 3 is 2.96 bits per heavy atom. The van der Waals surface area contributed by atoms with E-state index in [0.29, 0.717) is 29.1 Å². The van der Waals surface area contributed by atoms with E-state index in [-0.39, 0.29) is 18.1 Å². The van der Waals surface area contributed by atoms with Crippen LogP contribution < -0.4 is 16.2 Å². The number of nitriles is 1. The average molecular weight is 363 g/mol. The van der Waals surface area contributed by atoms with Crippen LogP contribution in [0, 0.1) is 11.3 Å². The van der Waals surface area contributed by atoms with E-state index >= 15 is 0 Å². The van der Waals surface area contributed by atoms with Crippen LogP contribution in [0.25, 0.3) is 11.0 Å². The number of rotatable bonds is 3. The van der Waals surface area contributed by atoms with E-state index < -0.39 is 0 Å². The molecule has 0 unspecified atom stereocenters. The Morgan fingerprint density at radius 1 is 1.37 bits per heavy atom. The lowest BCUT2D eigenvalue weighted by atomic mass is 10.1. The molecule has 8 nitrogen and oxygen atoms in total. The lowest BCUT2D eigenvalue weighted by Gasteiger charge is -2.33. The maximum absolute atomic E-state index is 13.2. The molecular formula is C19H21N7O. The highest BCUT2D eigenvalue weighted by atomic mass is 16.1. The van der Waals surface area contributed by atoms with Crippen molar-refractivity contribution in [2.75, 3.05) is 18.0 Å². The highest BCUT2D eigenvalue weighted by molar-refractivity contribution is 5.74. The fourth-order valence-electron chi connectivity index (χ4n) is 3.62. The SMILES string of the molecule is Cn1ncc2c(=O)n(Cc3ccccc3C#N)c(N3CCC[C@@H](N)C3)nc21. The summed E-state index contributed by atoms with van der Waals surface area (Å²) in [5.41, 5.74) is 7.89. The van der Waals surface area contributed by atoms with E-state index in [0.717, 1.165) is 24.9 Å². The number of anilines is 1. The predicted octanol–water partition coefficient (Wildman–Crippen LogP) is 0.977. The summed E-state index contributed by atoms with van der Waals surface area (Å²) >= 11 is 0. The molecule has 0 bridgehead atoms. The molecule has 8 heteroatoms. The molecule has 1 aromatic carbocycles. The van der Waals surface area contributed by atoms with Gasteiger partial charge in [-0.2, -0.15) is 15.3 Å². The van der Waals surface area contributed by atoms with E-state index in [1.165, 1.54) is 0 Å². The molecule has 1 fully saturated rings. The van der Waals surface area contributed by atoms with Gasteiger partial charge in [-0.15, -0.1) is 0 Å². The number of aryl methyl sites for hydroxylation is 1. The molecule has 1 aliphatic rings. The number of benzene rings is 1. The number of hydrogen-bond acceptors (Lipinski definition) is 6. The Balaban J connectivity index is 1.89. The normalized spacial score (nSPS) is 17.2. The number of aromatic nitrogens is 4. The third kappa shape index (κ3) is 3.06. The highest BCUT2D eigenvalue weighted by Crippen LogP contribution is 2.21. The molecule has 2 N–H and O–H groups in total. The molecule has 0 aliphatic carbocycles. The van der Waals surface area contributed by atoms with Gasteiger partial charge in [0.15, 0.2) is 5.65 Å². The second kappa shape index (κ2) is 6.85. The van der Waals surface area contributed by atoms with Gasteiger partial charge < -0.3 is 10.6 Å². The number of piperidine rings is 1. The van der Waals surface area contributed by atoms with Gasteiger partial charge in [-0.05, 0) is 24.5 Å². The van der Waals surface area contributed by atoms with Crippen LogP contribution in [-0.4, -0.2) is 38.5 Å². The molecule has 3 aromatic rings. The van der Waals surface area contributed by atoms with Crippen LogP contribution in [0.4, 0.5) is 5.95 Å². The Hall–Kier alpha value is -3.18. The summed E-state index contributed by atoms with van der Waals surface area (Å²) in [6.07, 6.45) is 3.46. The average Bonchev–Trinajstić information content (AvgIpc) is 3.05. The first-order chi connectivity index (χ1) is 13.1. The Morgan fingerprint density at radius 2 is 2.19 bits per heavy atom. The zero-order valence-corrected chi connectivity index (χ0v) is 15.2. The zero-order valence-electron chi connectivity index (χ0n) is 15.2. The van der Waals surface area contributed by atoms with Crippen LogP contribution in [0.15, 0.2) is 35.3 Å². The third-order valence-electron chi connectivity index (χ3n) is 5.04. The summed E-state index contributed by atoms with van der Waals surface area (Å²) in [7, 11) is 1.77. The summed E-state index contributed by atoms with van der Waals surface area (Å²) in [5.74, 6) is 0.582. The molecular weight excluding hydrogens is 342 g/mol. The molecule has 1 saturated heterocycles. The maximum atomic E-state index is 13.2. The minimum Gasteiger partial charge on any atom is -0.341 e. The van der Waals surface area contributed by atoms with Crippen molar-refractivity contribution in [1.29, 1.82) is 5.26 Å². The fourth-order valence-corrected chi connectivity index (χ4v) is 3.62. The number of nitrogens with two attached hydrogens (primary N) is 1. The fraction of sp³-hybridized carbons (Fsp3) is 0.368. The first kappa shape index (κ1) is 17.2. The second-order valence-electron chi connectivity index (χ2n) is 6.93. The van der Waals surface area contributed by atoms with Gasteiger partial charge in [-0.3, -0.25) is 14.0 Å². The van der Waals surface area contributed by atoms with Gasteiger partial charge in [0.2, 0.25) is 5.95 Å². The molecule has 0 saturated carbocycles. The first-order valence-electron chi connectivity index (χ1n) is 8.99. The maximum Gasteiger partial charge on any atom is 0.266 e. The van der Waals surface area contributed by atoms with Crippen molar-refractivity contribution < 1.29 is 0 Å². The predicted molar refractivity (Wildman–Crippen MR) is 102 cm³/mol. The minimum atomic E-state index is -0.157.